The Morgan fingerprint density at radius 3 is 3.00 bits per heavy atom. The lowest BCUT2D eigenvalue weighted by Gasteiger charge is -2.14. The molecule has 0 radical (unpaired) electrons. The van der Waals surface area contributed by atoms with Crippen molar-refractivity contribution in [2.75, 3.05) is 6.54 Å². The van der Waals surface area contributed by atoms with Gasteiger partial charge in [-0.2, -0.15) is 0 Å². The van der Waals surface area contributed by atoms with Gasteiger partial charge in [-0.3, -0.25) is 0 Å². The molecule has 4 heteroatoms. The molecule has 1 unspecified atom stereocenters. The Labute approximate surface area is 99.5 Å². The highest BCUT2D eigenvalue weighted by atomic mass is 32.1. The molecule has 16 heavy (non-hydrogen) atoms. The zero-order chi connectivity index (χ0) is 11.4. The first-order valence-electron chi connectivity index (χ1n) is 5.48. The van der Waals surface area contributed by atoms with E-state index in [1.807, 2.05) is 13.0 Å². The number of thiazole rings is 1. The van der Waals surface area contributed by atoms with Crippen molar-refractivity contribution in [3.05, 3.63) is 40.2 Å². The van der Waals surface area contributed by atoms with Crippen LogP contribution < -0.4 is 5.32 Å². The Kier molecular flexibility index (Phi) is 3.74. The second kappa shape index (κ2) is 5.27. The summed E-state index contributed by atoms with van der Waals surface area (Å²) in [5, 5.41) is 6.69. The van der Waals surface area contributed by atoms with Gasteiger partial charge in [0, 0.05) is 10.9 Å². The molecule has 0 aliphatic heterocycles. The van der Waals surface area contributed by atoms with Gasteiger partial charge in [0.2, 0.25) is 0 Å². The van der Waals surface area contributed by atoms with Gasteiger partial charge in [0.25, 0.3) is 0 Å². The van der Waals surface area contributed by atoms with Crippen LogP contribution in [0.1, 0.15) is 35.7 Å². The van der Waals surface area contributed by atoms with Crippen molar-refractivity contribution in [1.82, 2.24) is 10.3 Å². The minimum Gasteiger partial charge on any atom is -0.472 e. The molecule has 2 rings (SSSR count). The van der Waals surface area contributed by atoms with Crippen molar-refractivity contribution in [2.45, 2.75) is 26.3 Å². The molecule has 3 nitrogen and oxygen atoms in total. The second-order valence-electron chi connectivity index (χ2n) is 3.74. The average molecular weight is 236 g/mol. The lowest BCUT2D eigenvalue weighted by atomic mass is 10.1. The summed E-state index contributed by atoms with van der Waals surface area (Å²) in [6.07, 6.45) is 4.59. The zero-order valence-electron chi connectivity index (χ0n) is 9.56. The van der Waals surface area contributed by atoms with E-state index in [4.69, 9.17) is 4.42 Å². The molecule has 0 amide bonds. The van der Waals surface area contributed by atoms with Crippen LogP contribution in [0.5, 0.6) is 0 Å². The standard InChI is InChI=1S/C12H16N2OS/c1-3-5-13-12(10-4-6-15-7-10)11-8-16-9(2)14-11/h4,6-8,12-13H,3,5H2,1-2H3. The van der Waals surface area contributed by atoms with Gasteiger partial charge in [0.05, 0.1) is 29.3 Å². The molecule has 0 spiro atoms. The van der Waals surface area contributed by atoms with Crippen LogP contribution in [-0.4, -0.2) is 11.5 Å². The molecule has 0 bridgehead atoms. The van der Waals surface area contributed by atoms with Crippen molar-refractivity contribution in [3.63, 3.8) is 0 Å². The van der Waals surface area contributed by atoms with Gasteiger partial charge in [-0.25, -0.2) is 4.98 Å². The predicted molar refractivity (Wildman–Crippen MR) is 65.7 cm³/mol. The highest BCUT2D eigenvalue weighted by Gasteiger charge is 2.16. The highest BCUT2D eigenvalue weighted by Crippen LogP contribution is 2.23. The monoisotopic (exact) mass is 236 g/mol. The van der Waals surface area contributed by atoms with Crippen LogP contribution in [-0.2, 0) is 0 Å². The smallest absolute Gasteiger partial charge is 0.0954 e. The van der Waals surface area contributed by atoms with E-state index in [1.165, 1.54) is 0 Å². The summed E-state index contributed by atoms with van der Waals surface area (Å²) >= 11 is 1.68. The Bertz CT molecular complexity index is 422. The molecule has 2 heterocycles. The van der Waals surface area contributed by atoms with Crippen LogP contribution in [0.3, 0.4) is 0 Å². The molecule has 2 aromatic heterocycles. The number of nitrogens with zero attached hydrogens (tertiary/aromatic N) is 1. The molecule has 0 aliphatic carbocycles. The molecule has 2 aromatic rings. The van der Waals surface area contributed by atoms with E-state index in [9.17, 15) is 0 Å². The first-order chi connectivity index (χ1) is 7.81. The molecule has 0 aromatic carbocycles. The quantitative estimate of drug-likeness (QED) is 0.866. The third-order valence-electron chi connectivity index (χ3n) is 2.41. The van der Waals surface area contributed by atoms with Gasteiger partial charge in [-0.1, -0.05) is 6.92 Å². The fraction of sp³-hybridized carbons (Fsp3) is 0.417. The van der Waals surface area contributed by atoms with E-state index >= 15 is 0 Å². The number of rotatable bonds is 5. The molecule has 86 valence electrons. The van der Waals surface area contributed by atoms with Crippen LogP contribution in [0, 0.1) is 6.92 Å². The van der Waals surface area contributed by atoms with Crippen LogP contribution in [0.4, 0.5) is 0 Å². The largest absolute Gasteiger partial charge is 0.472 e. The number of aromatic nitrogens is 1. The Hall–Kier alpha value is -1.13. The summed E-state index contributed by atoms with van der Waals surface area (Å²) in [5.74, 6) is 0. The fourth-order valence-corrected chi connectivity index (χ4v) is 2.27. The van der Waals surface area contributed by atoms with Crippen molar-refractivity contribution < 1.29 is 4.42 Å². The molecule has 0 saturated carbocycles. The third-order valence-corrected chi connectivity index (χ3v) is 3.20. The SMILES string of the molecule is CCCNC(c1ccoc1)c1csc(C)n1. The van der Waals surface area contributed by atoms with Crippen LogP contribution in [0.25, 0.3) is 0 Å². The summed E-state index contributed by atoms with van der Waals surface area (Å²) in [6.45, 7) is 5.17. The minimum atomic E-state index is 0.156. The fourth-order valence-electron chi connectivity index (χ4n) is 1.63. The molecular weight excluding hydrogens is 220 g/mol. The third kappa shape index (κ3) is 2.51. The first kappa shape index (κ1) is 11.4. The molecule has 0 saturated heterocycles. The average Bonchev–Trinajstić information content (AvgIpc) is 2.91. The number of nitrogens with one attached hydrogen (secondary N) is 1. The zero-order valence-corrected chi connectivity index (χ0v) is 10.4. The van der Waals surface area contributed by atoms with E-state index in [0.717, 1.165) is 29.2 Å². The van der Waals surface area contributed by atoms with Gasteiger partial charge in [0.1, 0.15) is 0 Å². The molecule has 1 N–H and O–H groups in total. The van der Waals surface area contributed by atoms with Crippen LogP contribution in [0.2, 0.25) is 0 Å². The molecule has 0 aliphatic rings. The Balaban J connectivity index is 2.21. The summed E-state index contributed by atoms with van der Waals surface area (Å²) in [7, 11) is 0. The number of aryl methyl sites for hydroxylation is 1. The summed E-state index contributed by atoms with van der Waals surface area (Å²) in [6, 6.07) is 2.14. The van der Waals surface area contributed by atoms with Crippen molar-refractivity contribution in [3.8, 4) is 0 Å². The second-order valence-corrected chi connectivity index (χ2v) is 4.80. The maximum absolute atomic E-state index is 5.14. The normalized spacial score (nSPS) is 12.9. The van der Waals surface area contributed by atoms with Crippen molar-refractivity contribution in [2.24, 2.45) is 0 Å². The maximum Gasteiger partial charge on any atom is 0.0954 e. The van der Waals surface area contributed by atoms with E-state index in [0.29, 0.717) is 0 Å². The Morgan fingerprint density at radius 2 is 2.44 bits per heavy atom. The van der Waals surface area contributed by atoms with Crippen LogP contribution >= 0.6 is 11.3 Å². The number of furan rings is 1. The first-order valence-corrected chi connectivity index (χ1v) is 6.36. The molecule has 0 fully saturated rings. The van der Waals surface area contributed by atoms with Gasteiger partial charge in [0.15, 0.2) is 0 Å². The molecule has 1 atom stereocenters. The summed E-state index contributed by atoms with van der Waals surface area (Å²) in [5.41, 5.74) is 2.22. The van der Waals surface area contributed by atoms with Gasteiger partial charge >= 0.3 is 0 Å². The van der Waals surface area contributed by atoms with E-state index < -0.39 is 0 Å². The minimum absolute atomic E-state index is 0.156. The van der Waals surface area contributed by atoms with Crippen molar-refractivity contribution in [1.29, 1.82) is 0 Å². The van der Waals surface area contributed by atoms with E-state index in [1.54, 1.807) is 23.9 Å². The summed E-state index contributed by atoms with van der Waals surface area (Å²) < 4.78 is 5.14. The van der Waals surface area contributed by atoms with Gasteiger partial charge in [-0.05, 0) is 26.0 Å². The highest BCUT2D eigenvalue weighted by molar-refractivity contribution is 7.09. The van der Waals surface area contributed by atoms with Crippen molar-refractivity contribution >= 4 is 11.3 Å². The predicted octanol–water partition coefficient (Wildman–Crippen LogP) is 3.13. The lowest BCUT2D eigenvalue weighted by molar-refractivity contribution is 0.545. The van der Waals surface area contributed by atoms with Gasteiger partial charge in [-0.15, -0.1) is 11.3 Å². The Morgan fingerprint density at radius 1 is 1.56 bits per heavy atom. The topological polar surface area (TPSA) is 38.1 Å². The van der Waals surface area contributed by atoms with Crippen LogP contribution in [0.15, 0.2) is 28.4 Å². The number of hydrogen-bond acceptors (Lipinski definition) is 4. The lowest BCUT2D eigenvalue weighted by Crippen LogP contribution is -2.23. The maximum atomic E-state index is 5.14. The summed E-state index contributed by atoms with van der Waals surface area (Å²) in [4.78, 5) is 4.53. The van der Waals surface area contributed by atoms with E-state index in [2.05, 4.69) is 22.6 Å². The van der Waals surface area contributed by atoms with E-state index in [-0.39, 0.29) is 6.04 Å². The molecular formula is C12H16N2OS. The van der Waals surface area contributed by atoms with Gasteiger partial charge < -0.3 is 9.73 Å². The number of hydrogen-bond donors (Lipinski definition) is 1.